The van der Waals surface area contributed by atoms with Crippen LogP contribution in [0.15, 0.2) is 42.6 Å². The molecule has 1 N–H and O–H groups in total. The molecule has 0 radical (unpaired) electrons. The van der Waals surface area contributed by atoms with Gasteiger partial charge in [-0.05, 0) is 18.1 Å². The van der Waals surface area contributed by atoms with E-state index in [4.69, 9.17) is 0 Å². The predicted molar refractivity (Wildman–Crippen MR) is 76.7 cm³/mol. The zero-order valence-corrected chi connectivity index (χ0v) is 12.1. The summed E-state index contributed by atoms with van der Waals surface area (Å²) in [5, 5.41) is 5.79. The van der Waals surface area contributed by atoms with Crippen molar-refractivity contribution >= 4 is 15.9 Å². The van der Waals surface area contributed by atoms with Crippen LogP contribution in [0.5, 0.6) is 0 Å². The smallest absolute Gasteiger partial charge is 0.244 e. The highest BCUT2D eigenvalue weighted by atomic mass is 32.2. The molecule has 1 aliphatic heterocycles. The fourth-order valence-corrected chi connectivity index (χ4v) is 4.49. The van der Waals surface area contributed by atoms with Crippen LogP contribution in [0.1, 0.15) is 22.9 Å². The van der Waals surface area contributed by atoms with Crippen LogP contribution in [0, 0.1) is 0 Å². The molecule has 21 heavy (non-hydrogen) atoms. The van der Waals surface area contributed by atoms with Crippen LogP contribution in [0.3, 0.4) is 0 Å². The minimum atomic E-state index is -3.63. The average molecular weight is 305 g/mol. The fraction of sp³-hybridized carbons (Fsp3) is 0.286. The van der Waals surface area contributed by atoms with E-state index in [-0.39, 0.29) is 13.0 Å². The molecule has 1 amide bonds. The molecule has 0 bridgehead atoms. The van der Waals surface area contributed by atoms with E-state index in [9.17, 15) is 13.2 Å². The second kappa shape index (κ2) is 5.33. The van der Waals surface area contributed by atoms with Gasteiger partial charge >= 0.3 is 0 Å². The highest BCUT2D eigenvalue weighted by molar-refractivity contribution is 7.90. The van der Waals surface area contributed by atoms with Crippen molar-refractivity contribution in [3.05, 3.63) is 53.9 Å². The van der Waals surface area contributed by atoms with Gasteiger partial charge in [0.2, 0.25) is 15.9 Å². The molecule has 2 heterocycles. The molecule has 1 aromatic carbocycles. The minimum Gasteiger partial charge on any atom is -0.282 e. The van der Waals surface area contributed by atoms with Gasteiger partial charge in [0.1, 0.15) is 5.25 Å². The third-order valence-corrected chi connectivity index (χ3v) is 5.84. The zero-order valence-electron chi connectivity index (χ0n) is 11.3. The second-order valence-corrected chi connectivity index (χ2v) is 7.00. The van der Waals surface area contributed by atoms with Gasteiger partial charge in [-0.25, -0.2) is 12.7 Å². The number of hydrogen-bond donors (Lipinski definition) is 1. The highest BCUT2D eigenvalue weighted by Crippen LogP contribution is 2.35. The van der Waals surface area contributed by atoms with Gasteiger partial charge < -0.3 is 0 Å². The number of aromatic nitrogens is 2. The molecule has 7 heteroatoms. The lowest BCUT2D eigenvalue weighted by Gasteiger charge is -2.17. The Bertz CT molecular complexity index is 726. The third kappa shape index (κ3) is 2.56. The quantitative estimate of drug-likeness (QED) is 0.925. The molecule has 1 fully saturated rings. The first-order chi connectivity index (χ1) is 10.1. The van der Waals surface area contributed by atoms with Gasteiger partial charge in [0.25, 0.3) is 0 Å². The summed E-state index contributed by atoms with van der Waals surface area (Å²) in [6.07, 6.45) is 1.98. The van der Waals surface area contributed by atoms with Crippen LogP contribution < -0.4 is 0 Å². The summed E-state index contributed by atoms with van der Waals surface area (Å²) in [6.45, 7) is 0.231. The minimum absolute atomic E-state index is 0.0146. The first-order valence-corrected chi connectivity index (χ1v) is 8.17. The maximum Gasteiger partial charge on any atom is 0.244 e. The lowest BCUT2D eigenvalue weighted by atomic mass is 10.1. The van der Waals surface area contributed by atoms with Gasteiger partial charge in [-0.15, -0.1) is 0 Å². The van der Waals surface area contributed by atoms with Crippen LogP contribution >= 0.6 is 0 Å². The molecule has 0 aliphatic carbocycles. The van der Waals surface area contributed by atoms with Gasteiger partial charge in [0.05, 0.1) is 6.42 Å². The largest absolute Gasteiger partial charge is 0.282 e. The van der Waals surface area contributed by atoms with E-state index in [0.717, 1.165) is 9.87 Å². The number of nitrogens with one attached hydrogen (secondary N) is 1. The maximum atomic E-state index is 12.5. The van der Waals surface area contributed by atoms with Crippen LogP contribution in [-0.4, -0.2) is 35.4 Å². The van der Waals surface area contributed by atoms with E-state index in [1.165, 1.54) is 6.20 Å². The molecule has 1 atom stereocenters. The summed E-state index contributed by atoms with van der Waals surface area (Å²) in [6, 6.07) is 10.7. The van der Waals surface area contributed by atoms with E-state index in [0.29, 0.717) is 12.1 Å². The van der Waals surface area contributed by atoms with Gasteiger partial charge in [0.15, 0.2) is 0 Å². The number of amides is 1. The van der Waals surface area contributed by atoms with Gasteiger partial charge in [0, 0.05) is 18.4 Å². The van der Waals surface area contributed by atoms with Crippen molar-refractivity contribution in [1.29, 1.82) is 0 Å². The molecule has 6 nitrogen and oxygen atoms in total. The van der Waals surface area contributed by atoms with Crippen molar-refractivity contribution in [2.24, 2.45) is 0 Å². The molecule has 110 valence electrons. The lowest BCUT2D eigenvalue weighted by molar-refractivity contribution is -0.125. The molecule has 1 unspecified atom stereocenters. The molecule has 1 saturated heterocycles. The van der Waals surface area contributed by atoms with Crippen molar-refractivity contribution in [3.63, 3.8) is 0 Å². The number of sulfonamides is 1. The molecule has 2 aromatic rings. The molecule has 0 saturated carbocycles. The number of nitrogens with zero attached hydrogens (tertiary/aromatic N) is 2. The summed E-state index contributed by atoms with van der Waals surface area (Å²) < 4.78 is 26.1. The Morgan fingerprint density at radius 1 is 1.29 bits per heavy atom. The standard InChI is InChI=1S/C14H15N3O3S/c18-14(10-12-6-8-15-16-12)17-9-7-13(21(17,19)20)11-4-2-1-3-5-11/h1-6,8,13H,7,9-10H2,(H,15,16). The summed E-state index contributed by atoms with van der Waals surface area (Å²) in [4.78, 5) is 12.2. The molecule has 1 aliphatic rings. The van der Waals surface area contributed by atoms with Crippen LogP contribution in [0.25, 0.3) is 0 Å². The summed E-state index contributed by atoms with van der Waals surface area (Å²) >= 11 is 0. The van der Waals surface area contributed by atoms with Crippen molar-refractivity contribution in [2.45, 2.75) is 18.1 Å². The number of hydrogen-bond acceptors (Lipinski definition) is 4. The summed E-state index contributed by atoms with van der Waals surface area (Å²) in [5.41, 5.74) is 1.34. The molecule has 3 rings (SSSR count). The topological polar surface area (TPSA) is 83.1 Å². The number of rotatable bonds is 3. The van der Waals surface area contributed by atoms with E-state index in [1.807, 2.05) is 6.07 Å². The number of carbonyl (C=O) groups excluding carboxylic acids is 1. The molecule has 1 aromatic heterocycles. The highest BCUT2D eigenvalue weighted by Gasteiger charge is 2.42. The second-order valence-electron chi connectivity index (χ2n) is 4.96. The molecular weight excluding hydrogens is 290 g/mol. The zero-order chi connectivity index (χ0) is 14.9. The first-order valence-electron chi connectivity index (χ1n) is 6.66. The Labute approximate surface area is 122 Å². The number of carbonyl (C=O) groups is 1. The third-order valence-electron chi connectivity index (χ3n) is 3.61. The average Bonchev–Trinajstić information content (AvgIpc) is 3.06. The number of benzene rings is 1. The maximum absolute atomic E-state index is 12.5. The normalized spacial score (nSPS) is 20.6. The Morgan fingerprint density at radius 3 is 2.71 bits per heavy atom. The Morgan fingerprint density at radius 2 is 2.05 bits per heavy atom. The first kappa shape index (κ1) is 13.8. The van der Waals surface area contributed by atoms with E-state index in [2.05, 4.69) is 10.2 Å². The van der Waals surface area contributed by atoms with Crippen molar-refractivity contribution in [3.8, 4) is 0 Å². The van der Waals surface area contributed by atoms with Crippen molar-refractivity contribution in [1.82, 2.24) is 14.5 Å². The van der Waals surface area contributed by atoms with E-state index in [1.54, 1.807) is 30.3 Å². The Hall–Kier alpha value is -2.15. The monoisotopic (exact) mass is 305 g/mol. The Kier molecular flexibility index (Phi) is 3.50. The van der Waals surface area contributed by atoms with Crippen molar-refractivity contribution in [2.75, 3.05) is 6.54 Å². The van der Waals surface area contributed by atoms with Crippen LogP contribution in [0.2, 0.25) is 0 Å². The predicted octanol–water partition coefficient (Wildman–Crippen LogP) is 1.26. The van der Waals surface area contributed by atoms with Crippen LogP contribution in [-0.2, 0) is 21.2 Å². The Balaban J connectivity index is 1.81. The van der Waals surface area contributed by atoms with Gasteiger partial charge in [-0.3, -0.25) is 9.89 Å². The van der Waals surface area contributed by atoms with E-state index < -0.39 is 21.2 Å². The lowest BCUT2D eigenvalue weighted by Crippen LogP contribution is -2.34. The SMILES string of the molecule is O=C(Cc1ccn[nH]1)N1CCC(c2ccccc2)S1(=O)=O. The van der Waals surface area contributed by atoms with Crippen LogP contribution in [0.4, 0.5) is 0 Å². The van der Waals surface area contributed by atoms with Crippen molar-refractivity contribution < 1.29 is 13.2 Å². The van der Waals surface area contributed by atoms with Gasteiger partial charge in [-0.2, -0.15) is 5.10 Å². The summed E-state index contributed by atoms with van der Waals surface area (Å²) in [7, 11) is -3.63. The molecule has 0 spiro atoms. The number of H-pyrrole nitrogens is 1. The summed E-state index contributed by atoms with van der Waals surface area (Å²) in [5.74, 6) is -0.419. The van der Waals surface area contributed by atoms with E-state index >= 15 is 0 Å². The van der Waals surface area contributed by atoms with Gasteiger partial charge in [-0.1, -0.05) is 30.3 Å². The molecular formula is C14H15N3O3S. The fourth-order valence-electron chi connectivity index (χ4n) is 2.57. The number of aromatic amines is 1.